The van der Waals surface area contributed by atoms with Gasteiger partial charge >= 0.3 is 5.97 Å². The maximum Gasteiger partial charge on any atom is 0.342 e. The van der Waals surface area contributed by atoms with Crippen molar-refractivity contribution in [2.75, 3.05) is 12.1 Å². The molecule has 0 radical (unpaired) electrons. The van der Waals surface area contributed by atoms with Gasteiger partial charge in [-0.25, -0.2) is 4.79 Å². The summed E-state index contributed by atoms with van der Waals surface area (Å²) in [5.41, 5.74) is 2.07. The van der Waals surface area contributed by atoms with Gasteiger partial charge in [-0.05, 0) is 31.2 Å². The number of carbonyl (C=O) groups is 1. The monoisotopic (exact) mass is 363 g/mol. The van der Waals surface area contributed by atoms with Crippen LogP contribution in [0, 0.1) is 0 Å². The summed E-state index contributed by atoms with van der Waals surface area (Å²) in [5.74, 6) is -0.915. The number of rotatable bonds is 3. The second-order valence-corrected chi connectivity index (χ2v) is 6.94. The minimum atomic E-state index is -1.35. The van der Waals surface area contributed by atoms with Gasteiger partial charge < -0.3 is 5.11 Å². The highest BCUT2D eigenvalue weighted by Gasteiger charge is 2.55. The fourth-order valence-corrected chi connectivity index (χ4v) is 4.11. The molecule has 0 saturated carbocycles. The van der Waals surface area contributed by atoms with Gasteiger partial charge in [-0.2, -0.15) is 4.68 Å². The molecule has 0 fully saturated rings. The van der Waals surface area contributed by atoms with Crippen LogP contribution in [0.4, 0.5) is 5.69 Å². The second kappa shape index (κ2) is 5.87. The number of para-hydroxylation sites is 2. The lowest BCUT2D eigenvalue weighted by Gasteiger charge is -2.39. The number of aliphatic carboxylic acids is 1. The van der Waals surface area contributed by atoms with E-state index in [1.165, 1.54) is 0 Å². The Kier molecular flexibility index (Phi) is 3.73. The summed E-state index contributed by atoms with van der Waals surface area (Å²) in [5, 5.41) is 15.2. The molecule has 1 N–H and O–H groups in total. The number of carboxylic acid groups (broad SMARTS) is 1. The van der Waals surface area contributed by atoms with E-state index >= 15 is 0 Å². The van der Waals surface area contributed by atoms with Crippen molar-refractivity contribution in [2.45, 2.75) is 12.5 Å². The van der Waals surface area contributed by atoms with Gasteiger partial charge in [0.05, 0.1) is 18.1 Å². The highest BCUT2D eigenvalue weighted by molar-refractivity contribution is 5.94. The molecule has 1 atom stereocenters. The smallest absolute Gasteiger partial charge is 0.342 e. The van der Waals surface area contributed by atoms with Crippen molar-refractivity contribution in [3.05, 3.63) is 72.1 Å². The number of nitrogens with zero attached hydrogens (tertiary/aromatic N) is 4. The minimum Gasteiger partial charge on any atom is -0.479 e. The molecule has 0 amide bonds. The van der Waals surface area contributed by atoms with Crippen molar-refractivity contribution >= 4 is 22.6 Å². The largest absolute Gasteiger partial charge is 0.479 e. The fourth-order valence-electron chi connectivity index (χ4n) is 4.11. The van der Waals surface area contributed by atoms with E-state index in [1.54, 1.807) is 0 Å². The summed E-state index contributed by atoms with van der Waals surface area (Å²) < 4.78 is 3.91. The molecule has 4 rings (SSSR count). The molecule has 0 saturated heterocycles. The van der Waals surface area contributed by atoms with E-state index in [0.29, 0.717) is 0 Å². The van der Waals surface area contributed by atoms with Crippen molar-refractivity contribution < 1.29 is 14.6 Å². The molecule has 0 aliphatic carbocycles. The number of allylic oxidation sites excluding steroid dienone is 1. The Labute approximate surface area is 158 Å². The van der Waals surface area contributed by atoms with E-state index in [2.05, 4.69) is 0 Å². The van der Waals surface area contributed by atoms with E-state index in [9.17, 15) is 9.90 Å². The fraction of sp³-hybridized carbons (Fsp3) is 0.238. The Morgan fingerprint density at radius 2 is 1.67 bits per heavy atom. The first kappa shape index (κ1) is 17.1. The van der Waals surface area contributed by atoms with Crippen LogP contribution in [0.2, 0.25) is 0 Å². The van der Waals surface area contributed by atoms with Crippen LogP contribution in [0.1, 0.15) is 12.6 Å². The summed E-state index contributed by atoms with van der Waals surface area (Å²) in [6.45, 7) is 1.94. The number of aryl methyl sites for hydroxylation is 1. The molecule has 0 bridgehead atoms. The quantitative estimate of drug-likeness (QED) is 0.727. The van der Waals surface area contributed by atoms with E-state index in [4.69, 9.17) is 0 Å². The summed E-state index contributed by atoms with van der Waals surface area (Å²) in [4.78, 5) is 12.9. The van der Waals surface area contributed by atoms with Gasteiger partial charge in [0.25, 0.3) is 0 Å². The van der Waals surface area contributed by atoms with Crippen molar-refractivity contribution in [3.63, 3.8) is 0 Å². The van der Waals surface area contributed by atoms with Crippen LogP contribution in [0.5, 0.6) is 0 Å². The molecule has 1 aliphatic heterocycles. The van der Waals surface area contributed by atoms with Gasteiger partial charge in [0.2, 0.25) is 11.1 Å². The first-order valence-electron chi connectivity index (χ1n) is 8.85. The molecule has 27 heavy (non-hydrogen) atoms. The van der Waals surface area contributed by atoms with E-state index < -0.39 is 11.5 Å². The number of carboxylic acids is 1. The summed E-state index contributed by atoms with van der Waals surface area (Å²) >= 11 is 0. The number of anilines is 1. The molecule has 1 aliphatic rings. The third-order valence-electron chi connectivity index (χ3n) is 5.53. The SMILES string of the molecule is CC1=CC(C(=O)O)(c2c3ccccc3[n+](C)n2C)N(c2ccccc2)N1C. The molecule has 0 spiro atoms. The van der Waals surface area contributed by atoms with Gasteiger partial charge in [0.1, 0.15) is 5.69 Å². The van der Waals surface area contributed by atoms with Gasteiger partial charge in [-0.3, -0.25) is 10.0 Å². The number of hydrogen-bond acceptors (Lipinski definition) is 3. The highest BCUT2D eigenvalue weighted by atomic mass is 16.4. The molecule has 1 unspecified atom stereocenters. The van der Waals surface area contributed by atoms with Crippen molar-refractivity contribution in [1.82, 2.24) is 9.69 Å². The van der Waals surface area contributed by atoms with Crippen molar-refractivity contribution in [1.29, 1.82) is 0 Å². The molecule has 2 heterocycles. The summed E-state index contributed by atoms with van der Waals surface area (Å²) in [6.07, 6.45) is 1.84. The second-order valence-electron chi connectivity index (χ2n) is 6.94. The Bertz CT molecular complexity index is 1070. The van der Waals surface area contributed by atoms with E-state index in [0.717, 1.165) is 28.0 Å². The third kappa shape index (κ3) is 2.19. The van der Waals surface area contributed by atoms with E-state index in [-0.39, 0.29) is 0 Å². The Hall–Kier alpha value is -3.28. The first-order valence-corrected chi connectivity index (χ1v) is 8.85. The zero-order chi connectivity index (χ0) is 19.3. The number of hydrogen-bond donors (Lipinski definition) is 1. The van der Waals surface area contributed by atoms with Crippen LogP contribution in [0.3, 0.4) is 0 Å². The predicted octanol–water partition coefficient (Wildman–Crippen LogP) is 2.55. The summed E-state index contributed by atoms with van der Waals surface area (Å²) in [6, 6.07) is 17.6. The number of hydrazine groups is 1. The lowest BCUT2D eigenvalue weighted by atomic mass is 9.91. The van der Waals surface area contributed by atoms with Crippen molar-refractivity contribution in [3.8, 4) is 0 Å². The van der Waals surface area contributed by atoms with Gasteiger partial charge in [-0.1, -0.05) is 30.3 Å². The molecule has 6 nitrogen and oxygen atoms in total. The Balaban J connectivity index is 2.11. The van der Waals surface area contributed by atoms with Crippen LogP contribution in [0.25, 0.3) is 10.9 Å². The van der Waals surface area contributed by atoms with Gasteiger partial charge in [0, 0.05) is 18.8 Å². The standard InChI is InChI=1S/C21H22N4O2/c1-15-14-21(20(26)27,25(22(15)2)16-10-6-5-7-11-16)19-17-12-8-9-13-18(17)23(3)24(19)4/h5-14H,1-4H3/p+1. The number of aromatic nitrogens is 2. The molecular formula is C21H23N4O2+. The molecule has 138 valence electrons. The topological polar surface area (TPSA) is 52.6 Å². The number of benzene rings is 2. The van der Waals surface area contributed by atoms with Gasteiger partial charge in [0.15, 0.2) is 7.05 Å². The van der Waals surface area contributed by atoms with Crippen LogP contribution >= 0.6 is 0 Å². The zero-order valence-electron chi connectivity index (χ0n) is 15.9. The molecule has 1 aromatic heterocycles. The van der Waals surface area contributed by atoms with Crippen LogP contribution in [-0.4, -0.2) is 27.8 Å². The molecule has 6 heteroatoms. The number of fused-ring (bicyclic) bond motifs is 1. The van der Waals surface area contributed by atoms with Crippen molar-refractivity contribution in [2.24, 2.45) is 14.1 Å². The molecule has 2 aromatic carbocycles. The average molecular weight is 363 g/mol. The highest BCUT2D eigenvalue weighted by Crippen LogP contribution is 2.44. The predicted molar refractivity (Wildman–Crippen MR) is 104 cm³/mol. The average Bonchev–Trinajstić information content (AvgIpc) is 3.08. The summed E-state index contributed by atoms with van der Waals surface area (Å²) in [7, 11) is 5.75. The Morgan fingerprint density at radius 3 is 2.33 bits per heavy atom. The normalized spacial score (nSPS) is 19.6. The molecular weight excluding hydrogens is 340 g/mol. The maximum absolute atomic E-state index is 12.9. The van der Waals surface area contributed by atoms with Gasteiger partial charge in [-0.15, -0.1) is 4.68 Å². The lowest BCUT2D eigenvalue weighted by molar-refractivity contribution is -0.728. The minimum absolute atomic E-state index is 0.723. The lowest BCUT2D eigenvalue weighted by Crippen LogP contribution is -2.55. The van der Waals surface area contributed by atoms with Crippen LogP contribution in [-0.2, 0) is 24.4 Å². The maximum atomic E-state index is 12.9. The molecule has 3 aromatic rings. The zero-order valence-corrected chi connectivity index (χ0v) is 15.9. The van der Waals surface area contributed by atoms with Crippen LogP contribution in [0.15, 0.2) is 66.4 Å². The Morgan fingerprint density at radius 1 is 1.04 bits per heavy atom. The van der Waals surface area contributed by atoms with Crippen LogP contribution < -0.4 is 9.69 Å². The van der Waals surface area contributed by atoms with E-state index in [1.807, 2.05) is 108 Å². The third-order valence-corrected chi connectivity index (χ3v) is 5.53. The first-order chi connectivity index (χ1) is 12.9.